The molecule has 112 valence electrons. The highest BCUT2D eigenvalue weighted by Crippen LogP contribution is 2.47. The van der Waals surface area contributed by atoms with Gasteiger partial charge in [0.25, 0.3) is 0 Å². The highest BCUT2D eigenvalue weighted by Gasteiger charge is 2.42. The Morgan fingerprint density at radius 1 is 1.48 bits per heavy atom. The van der Waals surface area contributed by atoms with Crippen LogP contribution in [-0.4, -0.2) is 33.7 Å². The monoisotopic (exact) mass is 287 g/mol. The van der Waals surface area contributed by atoms with Crippen molar-refractivity contribution < 1.29 is 9.90 Å². The molecule has 1 atom stereocenters. The number of nitrogens with one attached hydrogen (secondary N) is 1. The molecule has 1 aromatic carbocycles. The Hall–Kier alpha value is -1.88. The minimum atomic E-state index is -0.290. The molecule has 21 heavy (non-hydrogen) atoms. The summed E-state index contributed by atoms with van der Waals surface area (Å²) in [7, 11) is 0. The highest BCUT2D eigenvalue weighted by molar-refractivity contribution is 5.83. The summed E-state index contributed by atoms with van der Waals surface area (Å²) in [6.45, 7) is 2.73. The summed E-state index contributed by atoms with van der Waals surface area (Å²) in [6.07, 6.45) is 4.68. The highest BCUT2D eigenvalue weighted by atomic mass is 16.3. The van der Waals surface area contributed by atoms with Crippen LogP contribution in [0.15, 0.2) is 30.6 Å². The topological polar surface area (TPSA) is 67.2 Å². The lowest BCUT2D eigenvalue weighted by molar-refractivity contribution is -0.124. The number of carbonyl (C=O) groups excluding carboxylic acids is 1. The summed E-state index contributed by atoms with van der Waals surface area (Å²) in [5.41, 5.74) is 2.01. The molecule has 1 saturated carbocycles. The minimum Gasteiger partial charge on any atom is -0.396 e. The predicted molar refractivity (Wildman–Crippen MR) is 80.8 cm³/mol. The predicted octanol–water partition coefficient (Wildman–Crippen LogP) is 1.88. The fraction of sp³-hybridized carbons (Fsp3) is 0.500. The summed E-state index contributed by atoms with van der Waals surface area (Å²) in [5, 5.41) is 12.1. The van der Waals surface area contributed by atoms with Gasteiger partial charge in [0.05, 0.1) is 17.4 Å². The molecule has 0 bridgehead atoms. The summed E-state index contributed by atoms with van der Waals surface area (Å²) in [6, 6.07) is 7.51. The molecular formula is C16H21N3O2. The first-order valence-electron chi connectivity index (χ1n) is 7.45. The van der Waals surface area contributed by atoms with Crippen molar-refractivity contribution in [2.75, 3.05) is 13.2 Å². The molecule has 0 aliphatic heterocycles. The van der Waals surface area contributed by atoms with Crippen LogP contribution in [0.4, 0.5) is 0 Å². The number of hydrogen-bond acceptors (Lipinski definition) is 3. The van der Waals surface area contributed by atoms with Crippen molar-refractivity contribution in [2.45, 2.75) is 32.2 Å². The molecule has 1 heterocycles. The number of aliphatic hydroxyl groups is 1. The normalized spacial score (nSPS) is 17.6. The fourth-order valence-corrected chi connectivity index (χ4v) is 2.76. The Bertz CT molecular complexity index is 646. The van der Waals surface area contributed by atoms with Gasteiger partial charge in [0.15, 0.2) is 0 Å². The van der Waals surface area contributed by atoms with Crippen LogP contribution in [0.25, 0.3) is 11.0 Å². The van der Waals surface area contributed by atoms with Crippen LogP contribution in [-0.2, 0) is 4.79 Å². The Balaban J connectivity index is 1.67. The van der Waals surface area contributed by atoms with Gasteiger partial charge in [-0.15, -0.1) is 0 Å². The minimum absolute atomic E-state index is 0.00219. The van der Waals surface area contributed by atoms with Crippen molar-refractivity contribution in [3.8, 4) is 0 Å². The quantitative estimate of drug-likeness (QED) is 0.852. The first kappa shape index (κ1) is 14.1. The maximum absolute atomic E-state index is 12.3. The van der Waals surface area contributed by atoms with Crippen LogP contribution in [0.5, 0.6) is 0 Å². The van der Waals surface area contributed by atoms with E-state index >= 15 is 0 Å². The lowest BCUT2D eigenvalue weighted by Crippen LogP contribution is -2.35. The van der Waals surface area contributed by atoms with Crippen molar-refractivity contribution in [3.05, 3.63) is 30.6 Å². The zero-order valence-electron chi connectivity index (χ0n) is 12.2. The molecule has 2 N–H and O–H groups in total. The zero-order valence-corrected chi connectivity index (χ0v) is 12.2. The average molecular weight is 287 g/mol. The third-order valence-corrected chi connectivity index (χ3v) is 4.51. The molecule has 1 fully saturated rings. The number of para-hydroxylation sites is 2. The number of hydrogen-bond donors (Lipinski definition) is 2. The number of benzene rings is 1. The van der Waals surface area contributed by atoms with E-state index in [-0.39, 0.29) is 24.0 Å². The Morgan fingerprint density at radius 2 is 2.24 bits per heavy atom. The Kier molecular flexibility index (Phi) is 3.68. The van der Waals surface area contributed by atoms with Gasteiger partial charge in [-0.05, 0) is 43.7 Å². The standard InChI is InChI=1S/C16H21N3O2/c1-12(15(21)17-10-16(6-7-16)8-9-20)19-11-18-13-4-2-3-5-14(13)19/h2-5,11-12,20H,6-10H2,1H3,(H,17,21). The molecule has 2 aromatic rings. The van der Waals surface area contributed by atoms with Crippen LogP contribution >= 0.6 is 0 Å². The van der Waals surface area contributed by atoms with Gasteiger partial charge in [0.2, 0.25) is 5.91 Å². The Morgan fingerprint density at radius 3 is 2.95 bits per heavy atom. The zero-order chi connectivity index (χ0) is 14.9. The van der Waals surface area contributed by atoms with E-state index in [4.69, 9.17) is 5.11 Å². The first-order chi connectivity index (χ1) is 10.2. The van der Waals surface area contributed by atoms with E-state index in [2.05, 4.69) is 10.3 Å². The first-order valence-corrected chi connectivity index (χ1v) is 7.45. The van der Waals surface area contributed by atoms with Gasteiger partial charge in [-0.2, -0.15) is 0 Å². The number of carbonyl (C=O) groups is 1. The van der Waals surface area contributed by atoms with E-state index in [0.29, 0.717) is 6.54 Å². The van der Waals surface area contributed by atoms with Gasteiger partial charge in [-0.1, -0.05) is 12.1 Å². The number of rotatable bonds is 6. The van der Waals surface area contributed by atoms with Gasteiger partial charge < -0.3 is 15.0 Å². The van der Waals surface area contributed by atoms with E-state index in [1.165, 1.54) is 0 Å². The Labute approximate surface area is 124 Å². The largest absolute Gasteiger partial charge is 0.396 e. The molecule has 1 aliphatic carbocycles. The molecule has 0 radical (unpaired) electrons. The third kappa shape index (κ3) is 2.78. The maximum atomic E-state index is 12.3. The van der Waals surface area contributed by atoms with Crippen LogP contribution in [0, 0.1) is 5.41 Å². The number of amides is 1. The van der Waals surface area contributed by atoms with Crippen molar-refractivity contribution in [3.63, 3.8) is 0 Å². The second kappa shape index (κ2) is 5.48. The van der Waals surface area contributed by atoms with Gasteiger partial charge in [-0.3, -0.25) is 4.79 Å². The molecular weight excluding hydrogens is 266 g/mol. The number of aliphatic hydroxyl groups excluding tert-OH is 1. The molecule has 1 aliphatic rings. The van der Waals surface area contributed by atoms with E-state index in [9.17, 15) is 4.79 Å². The van der Waals surface area contributed by atoms with Gasteiger partial charge >= 0.3 is 0 Å². The van der Waals surface area contributed by atoms with Crippen LogP contribution in [0.2, 0.25) is 0 Å². The SMILES string of the molecule is CC(C(=O)NCC1(CCO)CC1)n1cnc2ccccc21. The molecule has 5 nitrogen and oxygen atoms in total. The molecule has 1 unspecified atom stereocenters. The molecule has 0 spiro atoms. The van der Waals surface area contributed by atoms with E-state index in [0.717, 1.165) is 30.3 Å². The number of nitrogens with zero attached hydrogens (tertiary/aromatic N) is 2. The van der Waals surface area contributed by atoms with Gasteiger partial charge in [0.1, 0.15) is 6.04 Å². The van der Waals surface area contributed by atoms with E-state index < -0.39 is 0 Å². The molecule has 1 amide bonds. The van der Waals surface area contributed by atoms with Crippen molar-refractivity contribution in [1.82, 2.24) is 14.9 Å². The average Bonchev–Trinajstić information content (AvgIpc) is 3.13. The van der Waals surface area contributed by atoms with E-state index in [1.807, 2.05) is 35.8 Å². The van der Waals surface area contributed by atoms with Crippen molar-refractivity contribution in [1.29, 1.82) is 0 Å². The number of aromatic nitrogens is 2. The third-order valence-electron chi connectivity index (χ3n) is 4.51. The molecule has 0 saturated heterocycles. The molecule has 5 heteroatoms. The number of fused-ring (bicyclic) bond motifs is 1. The smallest absolute Gasteiger partial charge is 0.242 e. The fourth-order valence-electron chi connectivity index (χ4n) is 2.76. The summed E-state index contributed by atoms with van der Waals surface area (Å²) >= 11 is 0. The van der Waals surface area contributed by atoms with Crippen molar-refractivity contribution in [2.24, 2.45) is 5.41 Å². The van der Waals surface area contributed by atoms with Gasteiger partial charge in [-0.25, -0.2) is 4.98 Å². The lowest BCUT2D eigenvalue weighted by atomic mass is 10.0. The molecule has 1 aromatic heterocycles. The summed E-state index contributed by atoms with van der Waals surface area (Å²) in [4.78, 5) is 16.7. The van der Waals surface area contributed by atoms with Gasteiger partial charge in [0, 0.05) is 13.2 Å². The second-order valence-electron chi connectivity index (χ2n) is 6.01. The summed E-state index contributed by atoms with van der Waals surface area (Å²) in [5.74, 6) is 0.00219. The van der Waals surface area contributed by atoms with Crippen LogP contribution in [0.3, 0.4) is 0 Å². The number of imidazole rings is 1. The maximum Gasteiger partial charge on any atom is 0.242 e. The van der Waals surface area contributed by atoms with Crippen molar-refractivity contribution >= 4 is 16.9 Å². The van der Waals surface area contributed by atoms with E-state index in [1.54, 1.807) is 6.33 Å². The van der Waals surface area contributed by atoms with Crippen LogP contribution in [0.1, 0.15) is 32.2 Å². The second-order valence-corrected chi connectivity index (χ2v) is 6.01. The summed E-state index contributed by atoms with van der Waals surface area (Å²) < 4.78 is 1.90. The lowest BCUT2D eigenvalue weighted by Gasteiger charge is -2.18. The molecule has 3 rings (SSSR count). The van der Waals surface area contributed by atoms with Crippen LogP contribution < -0.4 is 5.32 Å².